The van der Waals surface area contributed by atoms with Crippen molar-refractivity contribution >= 4 is 11.9 Å². The van der Waals surface area contributed by atoms with E-state index >= 15 is 0 Å². The quantitative estimate of drug-likeness (QED) is 0.348. The van der Waals surface area contributed by atoms with E-state index < -0.39 is 28.9 Å². The second-order valence-electron chi connectivity index (χ2n) is 9.54. The van der Waals surface area contributed by atoms with E-state index in [1.54, 1.807) is 0 Å². The molecule has 1 aliphatic carbocycles. The van der Waals surface area contributed by atoms with Crippen molar-refractivity contribution in [2.24, 2.45) is 22.7 Å². The second-order valence-corrected chi connectivity index (χ2v) is 9.54. The molecule has 1 saturated carbocycles. The monoisotopic (exact) mass is 410 g/mol. The summed E-state index contributed by atoms with van der Waals surface area (Å²) in [6.07, 6.45) is 9.43. The molecule has 5 heteroatoms. The van der Waals surface area contributed by atoms with Crippen molar-refractivity contribution in [3.63, 3.8) is 0 Å². The maximum atomic E-state index is 12.9. The molecule has 0 bridgehead atoms. The van der Waals surface area contributed by atoms with Crippen LogP contribution in [0.5, 0.6) is 0 Å². The molecule has 0 spiro atoms. The third-order valence-electron chi connectivity index (χ3n) is 7.90. The molecule has 0 amide bonds. The number of rotatable bonds is 14. The van der Waals surface area contributed by atoms with Crippen LogP contribution in [0.2, 0.25) is 0 Å². The summed E-state index contributed by atoms with van der Waals surface area (Å²) in [4.78, 5) is 25.7. The molecule has 0 aromatic heterocycles. The average molecular weight is 411 g/mol. The lowest BCUT2D eigenvalue weighted by Gasteiger charge is -2.49. The summed E-state index contributed by atoms with van der Waals surface area (Å²) < 4.78 is 5.86. The highest BCUT2D eigenvalue weighted by Gasteiger charge is 2.74. The summed E-state index contributed by atoms with van der Waals surface area (Å²) in [7, 11) is 0. The van der Waals surface area contributed by atoms with Gasteiger partial charge in [-0.25, -0.2) is 0 Å². The Balaban J connectivity index is 2.46. The topological polar surface area (TPSA) is 87.1 Å². The van der Waals surface area contributed by atoms with E-state index in [2.05, 4.69) is 27.7 Å². The van der Waals surface area contributed by atoms with Gasteiger partial charge in [-0.05, 0) is 37.5 Å². The largest absolute Gasteiger partial charge is 0.481 e. The molecule has 0 aromatic rings. The van der Waals surface area contributed by atoms with E-state index in [1.807, 2.05) is 0 Å². The fraction of sp³-hybridized carbons (Fsp3) is 0.917. The van der Waals surface area contributed by atoms with Gasteiger partial charge in [0.25, 0.3) is 0 Å². The number of carboxylic acids is 2. The summed E-state index contributed by atoms with van der Waals surface area (Å²) in [6, 6.07) is 0. The van der Waals surface area contributed by atoms with Gasteiger partial charge in [0.05, 0.1) is 11.5 Å². The van der Waals surface area contributed by atoms with E-state index in [-0.39, 0.29) is 17.9 Å². The Kier molecular flexibility index (Phi) is 8.57. The maximum absolute atomic E-state index is 12.9. The fourth-order valence-electron chi connectivity index (χ4n) is 5.91. The van der Waals surface area contributed by atoms with E-state index in [0.29, 0.717) is 25.7 Å². The molecule has 1 saturated heterocycles. The zero-order chi connectivity index (χ0) is 21.7. The Morgan fingerprint density at radius 2 is 1.48 bits per heavy atom. The maximum Gasteiger partial charge on any atom is 0.313 e. The predicted molar refractivity (Wildman–Crippen MR) is 114 cm³/mol. The SMILES string of the molecule is CCCCC(CC)CC1(C(=O)O)CCC2OC2C1(CC(CC)CCCC)C(=O)O. The molecule has 1 heterocycles. The number of fused-ring (bicyclic) bond motifs is 1. The van der Waals surface area contributed by atoms with Crippen molar-refractivity contribution in [2.75, 3.05) is 0 Å². The van der Waals surface area contributed by atoms with Crippen LogP contribution in [0.1, 0.15) is 105 Å². The molecular weight excluding hydrogens is 368 g/mol. The van der Waals surface area contributed by atoms with Crippen LogP contribution in [-0.4, -0.2) is 34.4 Å². The number of carbonyl (C=O) groups is 2. The van der Waals surface area contributed by atoms with E-state index in [0.717, 1.165) is 51.4 Å². The van der Waals surface area contributed by atoms with Crippen molar-refractivity contribution < 1.29 is 24.5 Å². The molecule has 29 heavy (non-hydrogen) atoms. The van der Waals surface area contributed by atoms with Gasteiger partial charge in [-0.15, -0.1) is 0 Å². The first kappa shape index (κ1) is 24.2. The molecule has 0 radical (unpaired) electrons. The number of hydrogen-bond donors (Lipinski definition) is 2. The highest BCUT2D eigenvalue weighted by molar-refractivity contribution is 5.88. The van der Waals surface area contributed by atoms with Crippen molar-refractivity contribution in [1.82, 2.24) is 0 Å². The average Bonchev–Trinajstić information content (AvgIpc) is 3.49. The summed E-state index contributed by atoms with van der Waals surface area (Å²) in [5, 5.41) is 21.1. The zero-order valence-corrected chi connectivity index (χ0v) is 18.9. The number of carboxylic acid groups (broad SMARTS) is 2. The van der Waals surface area contributed by atoms with Gasteiger partial charge in [0.2, 0.25) is 0 Å². The lowest BCUT2D eigenvalue weighted by molar-refractivity contribution is -0.184. The van der Waals surface area contributed by atoms with Gasteiger partial charge >= 0.3 is 11.9 Å². The summed E-state index contributed by atoms with van der Waals surface area (Å²) >= 11 is 0. The molecule has 2 rings (SSSR count). The van der Waals surface area contributed by atoms with Crippen LogP contribution in [0.4, 0.5) is 0 Å². The first-order chi connectivity index (χ1) is 13.8. The molecule has 0 aromatic carbocycles. The van der Waals surface area contributed by atoms with Gasteiger partial charge in [0, 0.05) is 0 Å². The van der Waals surface area contributed by atoms with E-state index in [1.165, 1.54) is 0 Å². The second kappa shape index (κ2) is 10.3. The van der Waals surface area contributed by atoms with Crippen LogP contribution in [0.25, 0.3) is 0 Å². The Morgan fingerprint density at radius 3 is 1.93 bits per heavy atom. The molecule has 6 unspecified atom stereocenters. The van der Waals surface area contributed by atoms with Crippen LogP contribution in [0, 0.1) is 22.7 Å². The number of aliphatic carboxylic acids is 2. The minimum atomic E-state index is -1.31. The number of unbranched alkanes of at least 4 members (excludes halogenated alkanes) is 2. The van der Waals surface area contributed by atoms with Gasteiger partial charge in [-0.1, -0.05) is 79.1 Å². The van der Waals surface area contributed by atoms with Crippen LogP contribution in [0.3, 0.4) is 0 Å². The van der Waals surface area contributed by atoms with Gasteiger partial charge in [0.15, 0.2) is 0 Å². The van der Waals surface area contributed by atoms with Crippen LogP contribution >= 0.6 is 0 Å². The van der Waals surface area contributed by atoms with Gasteiger partial charge in [0.1, 0.15) is 11.5 Å². The van der Waals surface area contributed by atoms with E-state index in [9.17, 15) is 19.8 Å². The Bertz CT molecular complexity index is 561. The summed E-state index contributed by atoms with van der Waals surface area (Å²) in [6.45, 7) is 8.49. The lowest BCUT2D eigenvalue weighted by Crippen LogP contribution is -2.59. The number of epoxide rings is 1. The fourth-order valence-corrected chi connectivity index (χ4v) is 5.91. The Hall–Kier alpha value is -1.10. The lowest BCUT2D eigenvalue weighted by atomic mass is 9.50. The third-order valence-corrected chi connectivity index (χ3v) is 7.90. The van der Waals surface area contributed by atoms with Gasteiger partial charge in [-0.2, -0.15) is 0 Å². The first-order valence-electron chi connectivity index (χ1n) is 11.9. The summed E-state index contributed by atoms with van der Waals surface area (Å²) in [5.41, 5.74) is -2.54. The highest BCUT2D eigenvalue weighted by atomic mass is 16.6. The zero-order valence-electron chi connectivity index (χ0n) is 18.9. The smallest absolute Gasteiger partial charge is 0.313 e. The minimum absolute atomic E-state index is 0.0713. The van der Waals surface area contributed by atoms with Crippen molar-refractivity contribution in [2.45, 2.75) is 117 Å². The molecule has 6 atom stereocenters. The van der Waals surface area contributed by atoms with Gasteiger partial charge in [-0.3, -0.25) is 9.59 Å². The highest BCUT2D eigenvalue weighted by Crippen LogP contribution is 2.64. The Morgan fingerprint density at radius 1 is 0.931 bits per heavy atom. The van der Waals surface area contributed by atoms with E-state index in [4.69, 9.17) is 4.74 Å². The summed E-state index contributed by atoms with van der Waals surface area (Å²) in [5.74, 6) is -1.40. The molecule has 5 nitrogen and oxygen atoms in total. The minimum Gasteiger partial charge on any atom is -0.481 e. The molecule has 168 valence electrons. The van der Waals surface area contributed by atoms with Crippen molar-refractivity contribution in [3.8, 4) is 0 Å². The predicted octanol–water partition coefficient (Wildman–Crippen LogP) is 5.90. The first-order valence-corrected chi connectivity index (χ1v) is 11.9. The van der Waals surface area contributed by atoms with Crippen LogP contribution in [-0.2, 0) is 14.3 Å². The van der Waals surface area contributed by atoms with Gasteiger partial charge < -0.3 is 14.9 Å². The van der Waals surface area contributed by atoms with Crippen molar-refractivity contribution in [3.05, 3.63) is 0 Å². The molecule has 1 aliphatic heterocycles. The number of ether oxygens (including phenoxy) is 1. The standard InChI is InChI=1S/C24H42O5/c1-5-9-11-17(7-3)15-23(21(25)26)14-13-19-20(29-19)24(23,22(27)28)16-18(8-4)12-10-6-2/h17-20H,5-16H2,1-4H3,(H,25,26)(H,27,28). The molecule has 2 N–H and O–H groups in total. The third kappa shape index (κ3) is 4.65. The van der Waals surface area contributed by atoms with Crippen molar-refractivity contribution in [1.29, 1.82) is 0 Å². The Labute approximate surface area is 176 Å². The normalized spacial score (nSPS) is 33.0. The molecule has 2 fully saturated rings. The molecule has 2 aliphatic rings. The van der Waals surface area contributed by atoms with Crippen LogP contribution in [0.15, 0.2) is 0 Å². The number of hydrogen-bond acceptors (Lipinski definition) is 3. The van der Waals surface area contributed by atoms with Crippen LogP contribution < -0.4 is 0 Å². The molecular formula is C24H42O5.